The molecule has 8 aromatic carbocycles. The van der Waals surface area contributed by atoms with Gasteiger partial charge in [0.25, 0.3) is 0 Å². The fourth-order valence-electron chi connectivity index (χ4n) is 9.60. The lowest BCUT2D eigenvalue weighted by Gasteiger charge is -2.24. The van der Waals surface area contributed by atoms with Gasteiger partial charge < -0.3 is 28.8 Å². The third kappa shape index (κ3) is 7.84. The number of para-hydroxylation sites is 4. The van der Waals surface area contributed by atoms with E-state index in [2.05, 4.69) is 210 Å². The summed E-state index contributed by atoms with van der Waals surface area (Å²) >= 11 is 0. The predicted octanol–water partition coefficient (Wildman–Crippen LogP) is 15.7. The third-order valence-electron chi connectivity index (χ3n) is 13.2. The summed E-state index contributed by atoms with van der Waals surface area (Å²) in [5.74, 6) is 1.78. The number of ether oxygens (including phenoxy) is 2. The van der Waals surface area contributed by atoms with Gasteiger partial charge in [-0.15, -0.1) is 0 Å². The van der Waals surface area contributed by atoms with Crippen LogP contribution in [0.3, 0.4) is 0 Å². The van der Waals surface area contributed by atoms with Gasteiger partial charge in [-0.25, -0.2) is 0 Å². The predicted molar refractivity (Wildman–Crippen MR) is 278 cm³/mol. The fraction of sp³-hybridized carbons (Fsp3) is 0.213. The minimum absolute atomic E-state index is 0.199. The number of aromatic nitrogens is 2. The summed E-state index contributed by atoms with van der Waals surface area (Å²) in [6.07, 6.45) is 0.599. The molecular formula is C61H58N2O4. The van der Waals surface area contributed by atoms with Gasteiger partial charge in [0.05, 0.1) is 46.7 Å². The van der Waals surface area contributed by atoms with Crippen LogP contribution >= 0.6 is 0 Å². The summed E-state index contributed by atoms with van der Waals surface area (Å²) in [6, 6.07) is 54.4. The van der Waals surface area contributed by atoms with Gasteiger partial charge in [0, 0.05) is 50.2 Å². The Morgan fingerprint density at radius 3 is 1.06 bits per heavy atom. The average molecular weight is 883 g/mol. The Morgan fingerprint density at radius 2 is 0.731 bits per heavy atom. The molecule has 2 N–H and O–H groups in total. The molecule has 0 atom stereocenters. The highest BCUT2D eigenvalue weighted by Crippen LogP contribution is 2.47. The highest BCUT2D eigenvalue weighted by Gasteiger charge is 2.26. The first-order valence-corrected chi connectivity index (χ1v) is 23.4. The standard InChI is InChI=1S/C61H58N2O4/c1-38-26-28-56(46(32-38)48-34-40(60(3,4)5)36-54(58(48)64)62-50-22-13-9-18-42(50)43-19-10-14-23-51(43)62)66-30-17-31-67-57-29-27-39(2)33-47(57)49-35-41(61(6,7)8)37-55(59(49)65)63-52-24-15-11-20-44(52)45-21-12-16-25-53(45)63/h9-16,18-29,32-37,64-65H,17,30-31H2,1-8H3. The van der Waals surface area contributed by atoms with Crippen molar-refractivity contribution in [2.45, 2.75) is 72.6 Å². The van der Waals surface area contributed by atoms with Crippen molar-refractivity contribution in [2.24, 2.45) is 0 Å². The molecule has 67 heavy (non-hydrogen) atoms. The van der Waals surface area contributed by atoms with Crippen molar-refractivity contribution >= 4 is 43.6 Å². The van der Waals surface area contributed by atoms with Gasteiger partial charge >= 0.3 is 0 Å². The zero-order chi connectivity index (χ0) is 46.8. The maximum atomic E-state index is 12.4. The van der Waals surface area contributed by atoms with Crippen LogP contribution in [0.25, 0.3) is 77.2 Å². The summed E-state index contributed by atoms with van der Waals surface area (Å²) in [6.45, 7) is 18.2. The van der Waals surface area contributed by atoms with E-state index in [1.54, 1.807) is 0 Å². The zero-order valence-electron chi connectivity index (χ0n) is 39.7. The van der Waals surface area contributed by atoms with E-state index in [1.165, 1.54) is 0 Å². The smallest absolute Gasteiger partial charge is 0.147 e. The van der Waals surface area contributed by atoms with Crippen LogP contribution in [0, 0.1) is 13.8 Å². The van der Waals surface area contributed by atoms with E-state index in [0.29, 0.717) is 31.1 Å². The molecule has 336 valence electrons. The van der Waals surface area contributed by atoms with Gasteiger partial charge in [-0.1, -0.05) is 138 Å². The minimum Gasteiger partial charge on any atom is -0.505 e. The van der Waals surface area contributed by atoms with Crippen molar-refractivity contribution in [2.75, 3.05) is 13.2 Å². The molecule has 0 aliphatic heterocycles. The Bertz CT molecular complexity index is 3180. The van der Waals surface area contributed by atoms with E-state index in [4.69, 9.17) is 9.47 Å². The first-order chi connectivity index (χ1) is 32.2. The van der Waals surface area contributed by atoms with Crippen LogP contribution in [0.15, 0.2) is 158 Å². The zero-order valence-corrected chi connectivity index (χ0v) is 39.7. The SMILES string of the molecule is Cc1ccc(OCCCOc2ccc(C)cc2-c2cc(C(C)(C)C)cc(-n3c4ccccc4c4ccccc43)c2O)c(-c2cc(C(C)(C)C)cc(-n3c4ccccc4c4ccccc43)c2O)c1. The Morgan fingerprint density at radius 1 is 0.403 bits per heavy atom. The minimum atomic E-state index is -0.204. The number of phenols is 2. The van der Waals surface area contributed by atoms with Crippen LogP contribution < -0.4 is 9.47 Å². The normalized spacial score (nSPS) is 12.2. The molecule has 10 aromatic rings. The molecule has 0 saturated carbocycles. The van der Waals surface area contributed by atoms with Crippen molar-refractivity contribution in [3.8, 4) is 56.6 Å². The van der Waals surface area contributed by atoms with Gasteiger partial charge in [-0.3, -0.25) is 0 Å². The maximum absolute atomic E-state index is 12.4. The highest BCUT2D eigenvalue weighted by molar-refractivity contribution is 6.10. The summed E-state index contributed by atoms with van der Waals surface area (Å²) < 4.78 is 17.6. The number of nitrogens with zero attached hydrogens (tertiary/aromatic N) is 2. The molecule has 2 aromatic heterocycles. The van der Waals surface area contributed by atoms with Crippen LogP contribution in [0.2, 0.25) is 0 Å². The molecule has 6 nitrogen and oxygen atoms in total. The maximum Gasteiger partial charge on any atom is 0.147 e. The topological polar surface area (TPSA) is 68.8 Å². The molecule has 6 heteroatoms. The molecule has 0 radical (unpaired) electrons. The Labute approximate surface area is 393 Å². The second kappa shape index (κ2) is 16.8. The van der Waals surface area contributed by atoms with E-state index >= 15 is 0 Å². The molecule has 0 aliphatic carbocycles. The molecule has 0 amide bonds. The van der Waals surface area contributed by atoms with Crippen LogP contribution in [0.4, 0.5) is 0 Å². The number of benzene rings is 8. The Kier molecular flexibility index (Phi) is 10.9. The van der Waals surface area contributed by atoms with Crippen LogP contribution in [-0.4, -0.2) is 32.6 Å². The number of rotatable bonds is 10. The first kappa shape index (κ1) is 43.5. The Balaban J connectivity index is 0.965. The summed E-state index contributed by atoms with van der Waals surface area (Å²) in [5.41, 5.74) is 12.7. The number of fused-ring (bicyclic) bond motifs is 6. The second-order valence-corrected chi connectivity index (χ2v) is 20.1. The van der Waals surface area contributed by atoms with Gasteiger partial charge in [-0.2, -0.15) is 0 Å². The molecular weight excluding hydrogens is 825 g/mol. The number of phenolic OH excluding ortho intramolecular Hbond substituents is 2. The van der Waals surface area contributed by atoms with Gasteiger partial charge in [0.1, 0.15) is 23.0 Å². The van der Waals surface area contributed by atoms with Crippen molar-refractivity contribution in [3.05, 3.63) is 180 Å². The molecule has 10 rings (SSSR count). The molecule has 0 spiro atoms. The van der Waals surface area contributed by atoms with E-state index in [1.807, 2.05) is 12.1 Å². The van der Waals surface area contributed by atoms with Gasteiger partial charge in [-0.05, 0) is 109 Å². The lowest BCUT2D eigenvalue weighted by atomic mass is 9.84. The largest absolute Gasteiger partial charge is 0.505 e. The lowest BCUT2D eigenvalue weighted by molar-refractivity contribution is 0.248. The number of hydrogen-bond donors (Lipinski definition) is 2. The number of aryl methyl sites for hydroxylation is 2. The highest BCUT2D eigenvalue weighted by atomic mass is 16.5. The number of hydrogen-bond acceptors (Lipinski definition) is 4. The molecule has 0 fully saturated rings. The fourth-order valence-corrected chi connectivity index (χ4v) is 9.60. The lowest BCUT2D eigenvalue weighted by Crippen LogP contribution is -2.13. The summed E-state index contributed by atoms with van der Waals surface area (Å²) in [5, 5.41) is 29.4. The van der Waals surface area contributed by atoms with Crippen LogP contribution in [0.1, 0.15) is 70.2 Å². The van der Waals surface area contributed by atoms with Gasteiger partial charge in [0.2, 0.25) is 0 Å². The molecule has 0 bridgehead atoms. The molecule has 0 saturated heterocycles. The third-order valence-corrected chi connectivity index (χ3v) is 13.2. The summed E-state index contributed by atoms with van der Waals surface area (Å²) in [4.78, 5) is 0. The molecule has 0 aliphatic rings. The van der Waals surface area contributed by atoms with Crippen LogP contribution in [-0.2, 0) is 10.8 Å². The van der Waals surface area contributed by atoms with Crippen molar-refractivity contribution in [3.63, 3.8) is 0 Å². The van der Waals surface area contributed by atoms with E-state index < -0.39 is 0 Å². The summed E-state index contributed by atoms with van der Waals surface area (Å²) in [7, 11) is 0. The van der Waals surface area contributed by atoms with E-state index in [9.17, 15) is 10.2 Å². The second-order valence-electron chi connectivity index (χ2n) is 20.1. The first-order valence-electron chi connectivity index (χ1n) is 23.4. The monoisotopic (exact) mass is 882 g/mol. The van der Waals surface area contributed by atoms with Crippen molar-refractivity contribution < 1.29 is 19.7 Å². The van der Waals surface area contributed by atoms with E-state index in [0.717, 1.165) is 99.5 Å². The van der Waals surface area contributed by atoms with Gasteiger partial charge in [0.15, 0.2) is 0 Å². The molecule has 2 heterocycles. The number of aromatic hydroxyl groups is 2. The van der Waals surface area contributed by atoms with E-state index in [-0.39, 0.29) is 22.3 Å². The van der Waals surface area contributed by atoms with Crippen molar-refractivity contribution in [1.29, 1.82) is 0 Å². The quantitative estimate of drug-likeness (QED) is 0.134. The Hall–Kier alpha value is -7.44. The average Bonchev–Trinajstić information content (AvgIpc) is 3.82. The molecule has 0 unspecified atom stereocenters. The van der Waals surface area contributed by atoms with Crippen LogP contribution in [0.5, 0.6) is 23.0 Å². The van der Waals surface area contributed by atoms with Crippen molar-refractivity contribution in [1.82, 2.24) is 9.13 Å².